The molecule has 10 heteroatoms. The zero-order valence-corrected chi connectivity index (χ0v) is 9.83. The number of carbonyl (C=O) groups excluding carboxylic acids is 2. The Balaban J connectivity index is -0.000000166. The van der Waals surface area contributed by atoms with Gasteiger partial charge < -0.3 is 14.7 Å². The zero-order chi connectivity index (χ0) is 13.8. The van der Waals surface area contributed by atoms with Gasteiger partial charge >= 0.3 is 7.82 Å². The molecule has 0 rings (SSSR count). The van der Waals surface area contributed by atoms with Crippen LogP contribution in [0.5, 0.6) is 0 Å². The first-order valence-electron chi connectivity index (χ1n) is 3.72. The number of aliphatic hydroxyl groups is 1. The molecule has 16 heavy (non-hydrogen) atoms. The molecular formula is C6H15O9P. The van der Waals surface area contributed by atoms with Gasteiger partial charge in [-0.1, -0.05) is 0 Å². The van der Waals surface area contributed by atoms with Gasteiger partial charge in [-0.15, -0.1) is 9.35 Å². The first kappa shape index (κ1) is 20.7. The quantitative estimate of drug-likeness (QED) is 0.242. The average Bonchev–Trinajstić information content (AvgIpc) is 2.18. The first-order valence-corrected chi connectivity index (χ1v) is 5.22. The SMILES string of the molecule is CC(C)=O.C[C@H](O)C=O.O=P(O)(OO)OO. The van der Waals surface area contributed by atoms with Crippen molar-refractivity contribution in [1.82, 2.24) is 0 Å². The minimum atomic E-state index is -4.54. The van der Waals surface area contributed by atoms with E-state index in [9.17, 15) is 14.2 Å². The van der Waals surface area contributed by atoms with Gasteiger partial charge in [0.2, 0.25) is 0 Å². The van der Waals surface area contributed by atoms with Crippen molar-refractivity contribution in [2.75, 3.05) is 0 Å². The fraction of sp³-hybridized carbons (Fsp3) is 0.667. The largest absolute Gasteiger partial charge is 0.526 e. The van der Waals surface area contributed by atoms with E-state index in [0.717, 1.165) is 0 Å². The molecular weight excluding hydrogens is 247 g/mol. The lowest BCUT2D eigenvalue weighted by molar-refractivity contribution is -0.224. The third-order valence-corrected chi connectivity index (χ3v) is 0.816. The molecule has 0 unspecified atom stereocenters. The first-order chi connectivity index (χ1) is 7.12. The summed E-state index contributed by atoms with van der Waals surface area (Å²) in [6.45, 7) is 4.47. The molecule has 0 spiro atoms. The van der Waals surface area contributed by atoms with Crippen molar-refractivity contribution in [3.05, 3.63) is 0 Å². The molecule has 0 aliphatic rings. The molecule has 0 radical (unpaired) electrons. The number of hydrogen-bond acceptors (Lipinski definition) is 8. The number of ketones is 1. The van der Waals surface area contributed by atoms with Gasteiger partial charge in [-0.2, -0.15) is 0 Å². The highest BCUT2D eigenvalue weighted by Crippen LogP contribution is 2.39. The summed E-state index contributed by atoms with van der Waals surface area (Å²) >= 11 is 0. The van der Waals surface area contributed by atoms with Gasteiger partial charge in [-0.3, -0.25) is 4.89 Å². The Morgan fingerprint density at radius 2 is 1.50 bits per heavy atom. The molecule has 0 aromatic carbocycles. The summed E-state index contributed by atoms with van der Waals surface area (Å²) in [6, 6.07) is 0. The van der Waals surface area contributed by atoms with E-state index < -0.39 is 13.9 Å². The fourth-order valence-electron chi connectivity index (χ4n) is 0.0149. The van der Waals surface area contributed by atoms with Gasteiger partial charge in [-0.25, -0.2) is 15.1 Å². The second-order valence-corrected chi connectivity index (χ2v) is 3.68. The van der Waals surface area contributed by atoms with Crippen LogP contribution in [-0.2, 0) is 23.5 Å². The highest BCUT2D eigenvalue weighted by Gasteiger charge is 2.19. The minimum absolute atomic E-state index is 0.167. The number of hydrogen-bond donors (Lipinski definition) is 4. The third-order valence-electron chi connectivity index (χ3n) is 0.403. The summed E-state index contributed by atoms with van der Waals surface area (Å²) in [7, 11) is -4.54. The zero-order valence-electron chi connectivity index (χ0n) is 8.93. The topological polar surface area (TPSA) is 151 Å². The number of carbonyl (C=O) groups is 2. The lowest BCUT2D eigenvalue weighted by atomic mass is 10.5. The van der Waals surface area contributed by atoms with Gasteiger partial charge in [-0.05, 0) is 20.8 Å². The van der Waals surface area contributed by atoms with Crippen LogP contribution in [-0.4, -0.2) is 38.7 Å². The predicted molar refractivity (Wildman–Crippen MR) is 51.4 cm³/mol. The predicted octanol–water partition coefficient (Wildman–Crippen LogP) is 0.227. The smallest absolute Gasteiger partial charge is 0.386 e. The van der Waals surface area contributed by atoms with Crippen LogP contribution in [0.15, 0.2) is 0 Å². The van der Waals surface area contributed by atoms with E-state index in [4.69, 9.17) is 20.5 Å². The molecule has 0 aromatic rings. The Kier molecular flexibility index (Phi) is 16.0. The Hall–Kier alpha value is -0.670. The molecule has 98 valence electrons. The number of Topliss-reactive ketones (excluding diaryl/α,β-unsaturated/α-hetero) is 1. The standard InChI is InChI=1S/C3H6O2.C3H6O.H3O6P/c1-3(5)2-4;1-3(2)4;1-5-7(3,4)6-2/h2-3,5H,1H3;1-2H3;1-2H,(H,3,4)/t3-;;/m0../s1. The summed E-state index contributed by atoms with van der Waals surface area (Å²) in [4.78, 5) is 26.4. The van der Waals surface area contributed by atoms with Crippen molar-refractivity contribution in [3.8, 4) is 0 Å². The number of aldehydes is 1. The summed E-state index contributed by atoms with van der Waals surface area (Å²) in [5, 5.41) is 22.6. The maximum atomic E-state index is 9.56. The van der Waals surface area contributed by atoms with E-state index in [1.807, 2.05) is 0 Å². The summed E-state index contributed by atoms with van der Waals surface area (Å²) in [6.07, 6.45) is -0.324. The summed E-state index contributed by atoms with van der Waals surface area (Å²) in [5.41, 5.74) is 0. The molecule has 4 N–H and O–H groups in total. The van der Waals surface area contributed by atoms with Crippen LogP contribution in [0.2, 0.25) is 0 Å². The maximum Gasteiger partial charge on any atom is 0.526 e. The molecule has 9 nitrogen and oxygen atoms in total. The van der Waals surface area contributed by atoms with E-state index in [0.29, 0.717) is 6.29 Å². The van der Waals surface area contributed by atoms with Crippen molar-refractivity contribution in [2.24, 2.45) is 0 Å². The molecule has 0 saturated heterocycles. The average molecular weight is 262 g/mol. The molecule has 0 aliphatic carbocycles. The third kappa shape index (κ3) is 37.7. The van der Waals surface area contributed by atoms with Crippen LogP contribution in [0.25, 0.3) is 0 Å². The second-order valence-electron chi connectivity index (χ2n) is 2.42. The van der Waals surface area contributed by atoms with Crippen molar-refractivity contribution in [3.63, 3.8) is 0 Å². The van der Waals surface area contributed by atoms with Crippen molar-refractivity contribution in [2.45, 2.75) is 26.9 Å². The maximum absolute atomic E-state index is 9.56. The van der Waals surface area contributed by atoms with Gasteiger partial charge in [0, 0.05) is 0 Å². The molecule has 0 amide bonds. The number of rotatable bonds is 3. The monoisotopic (exact) mass is 262 g/mol. The van der Waals surface area contributed by atoms with Crippen LogP contribution in [0.3, 0.4) is 0 Å². The summed E-state index contributed by atoms with van der Waals surface area (Å²) in [5.74, 6) is 0.167. The Morgan fingerprint density at radius 1 is 1.31 bits per heavy atom. The highest BCUT2D eigenvalue weighted by molar-refractivity contribution is 7.47. The van der Waals surface area contributed by atoms with E-state index in [2.05, 4.69) is 9.35 Å². The van der Waals surface area contributed by atoms with Crippen molar-refractivity contribution in [1.29, 1.82) is 0 Å². The van der Waals surface area contributed by atoms with Crippen LogP contribution < -0.4 is 0 Å². The van der Waals surface area contributed by atoms with Gasteiger partial charge in [0.05, 0.1) is 0 Å². The number of aliphatic hydroxyl groups excluding tert-OH is 1. The Morgan fingerprint density at radius 3 is 1.50 bits per heavy atom. The van der Waals surface area contributed by atoms with E-state index in [1.54, 1.807) is 0 Å². The molecule has 0 heterocycles. The normalized spacial score (nSPS) is 11.2. The molecule has 0 aliphatic heterocycles. The van der Waals surface area contributed by atoms with Gasteiger partial charge in [0.1, 0.15) is 18.2 Å². The van der Waals surface area contributed by atoms with Gasteiger partial charge in [0.15, 0.2) is 0 Å². The number of phosphoric acid groups is 1. The highest BCUT2D eigenvalue weighted by atomic mass is 31.2. The van der Waals surface area contributed by atoms with Crippen LogP contribution >= 0.6 is 7.82 Å². The fourth-order valence-corrected chi connectivity index (χ4v) is 0.0447. The summed E-state index contributed by atoms with van der Waals surface area (Å²) < 4.78 is 15.0. The van der Waals surface area contributed by atoms with Crippen LogP contribution in [0.4, 0.5) is 0 Å². The minimum Gasteiger partial charge on any atom is -0.386 e. The van der Waals surface area contributed by atoms with E-state index >= 15 is 0 Å². The van der Waals surface area contributed by atoms with Crippen LogP contribution in [0.1, 0.15) is 20.8 Å². The Bertz CT molecular complexity index is 214. The molecule has 1 atom stereocenters. The Labute approximate surface area is 91.7 Å². The van der Waals surface area contributed by atoms with E-state index in [1.165, 1.54) is 20.8 Å². The lowest BCUT2D eigenvalue weighted by Gasteiger charge is -1.96. The molecule has 0 aromatic heterocycles. The lowest BCUT2D eigenvalue weighted by Crippen LogP contribution is -1.97. The van der Waals surface area contributed by atoms with Crippen molar-refractivity contribution >= 4 is 19.9 Å². The second kappa shape index (κ2) is 12.4. The van der Waals surface area contributed by atoms with Crippen LogP contribution in [0, 0.1) is 0 Å². The van der Waals surface area contributed by atoms with E-state index in [-0.39, 0.29) is 5.78 Å². The van der Waals surface area contributed by atoms with Gasteiger partial charge in [0.25, 0.3) is 0 Å². The molecule has 0 fully saturated rings. The van der Waals surface area contributed by atoms with Crippen molar-refractivity contribution < 1.29 is 44.0 Å². The molecule has 0 saturated carbocycles. The molecule has 0 bridgehead atoms.